The summed E-state index contributed by atoms with van der Waals surface area (Å²) in [5.74, 6) is -0.742. The highest BCUT2D eigenvalue weighted by Crippen LogP contribution is 2.23. The van der Waals surface area contributed by atoms with E-state index in [9.17, 15) is 9.90 Å². The summed E-state index contributed by atoms with van der Waals surface area (Å²) >= 11 is 0. The van der Waals surface area contributed by atoms with E-state index in [1.165, 1.54) is 0 Å². The highest BCUT2D eigenvalue weighted by atomic mass is 16.4. The van der Waals surface area contributed by atoms with E-state index in [1.807, 2.05) is 11.8 Å². The number of carboxylic acid groups (broad SMARTS) is 1. The molecule has 2 unspecified atom stereocenters. The Morgan fingerprint density at radius 1 is 1.71 bits per heavy atom. The van der Waals surface area contributed by atoms with Crippen LogP contribution in [-0.4, -0.2) is 40.6 Å². The Morgan fingerprint density at radius 2 is 2.36 bits per heavy atom. The van der Waals surface area contributed by atoms with Crippen molar-refractivity contribution in [3.05, 3.63) is 0 Å². The maximum absolute atomic E-state index is 11.2. The molecule has 1 saturated heterocycles. The molecule has 0 aromatic rings. The van der Waals surface area contributed by atoms with Crippen molar-refractivity contribution in [3.8, 4) is 0 Å². The highest BCUT2D eigenvalue weighted by Gasteiger charge is 2.39. The summed E-state index contributed by atoms with van der Waals surface area (Å²) in [5, 5.41) is 9.19. The molecule has 82 valence electrons. The number of rotatable bonds is 3. The first-order valence-electron chi connectivity index (χ1n) is 5.24. The molecular formula is C10H20N2O2. The van der Waals surface area contributed by atoms with Crippen molar-refractivity contribution in [1.29, 1.82) is 0 Å². The maximum Gasteiger partial charge on any atom is 0.323 e. The van der Waals surface area contributed by atoms with Gasteiger partial charge in [0.2, 0.25) is 0 Å². The standard InChI is InChI=1S/C10H20N2O2/c1-3-10(2,9(13)14)12-6-4-5-8(11)7-12/h8H,3-7,11H2,1-2H3,(H,13,14). The summed E-state index contributed by atoms with van der Waals surface area (Å²) in [5.41, 5.74) is 5.10. The second-order valence-electron chi connectivity index (χ2n) is 4.28. The third-order valence-corrected chi connectivity index (χ3v) is 3.30. The van der Waals surface area contributed by atoms with Gasteiger partial charge in [0, 0.05) is 12.6 Å². The molecule has 0 amide bonds. The number of nitrogens with two attached hydrogens (primary N) is 1. The van der Waals surface area contributed by atoms with Crippen LogP contribution in [0.2, 0.25) is 0 Å². The SMILES string of the molecule is CCC(C)(C(=O)O)N1CCCC(N)C1. The number of aliphatic carboxylic acids is 1. The van der Waals surface area contributed by atoms with Crippen LogP contribution in [-0.2, 0) is 4.79 Å². The molecule has 1 aliphatic rings. The van der Waals surface area contributed by atoms with E-state index < -0.39 is 11.5 Å². The van der Waals surface area contributed by atoms with Crippen LogP contribution in [0.25, 0.3) is 0 Å². The lowest BCUT2D eigenvalue weighted by Crippen LogP contribution is -2.57. The van der Waals surface area contributed by atoms with Crippen LogP contribution >= 0.6 is 0 Å². The normalized spacial score (nSPS) is 28.4. The molecule has 0 aromatic carbocycles. The molecular weight excluding hydrogens is 180 g/mol. The van der Waals surface area contributed by atoms with Crippen molar-refractivity contribution in [2.24, 2.45) is 5.73 Å². The van der Waals surface area contributed by atoms with Gasteiger partial charge in [-0.25, -0.2) is 0 Å². The maximum atomic E-state index is 11.2. The Kier molecular flexibility index (Phi) is 3.50. The first-order valence-corrected chi connectivity index (χ1v) is 5.24. The zero-order chi connectivity index (χ0) is 10.8. The minimum Gasteiger partial charge on any atom is -0.480 e. The van der Waals surface area contributed by atoms with Gasteiger partial charge in [-0.15, -0.1) is 0 Å². The lowest BCUT2D eigenvalue weighted by molar-refractivity contribution is -0.151. The fourth-order valence-corrected chi connectivity index (χ4v) is 1.97. The van der Waals surface area contributed by atoms with Crippen LogP contribution in [0.4, 0.5) is 0 Å². The van der Waals surface area contributed by atoms with E-state index >= 15 is 0 Å². The molecule has 4 nitrogen and oxygen atoms in total. The molecule has 0 bridgehead atoms. The monoisotopic (exact) mass is 200 g/mol. The van der Waals surface area contributed by atoms with Gasteiger partial charge in [0.05, 0.1) is 0 Å². The third kappa shape index (κ3) is 2.07. The molecule has 0 aromatic heterocycles. The predicted molar refractivity (Wildman–Crippen MR) is 55.1 cm³/mol. The van der Waals surface area contributed by atoms with Crippen LogP contribution in [0.5, 0.6) is 0 Å². The number of carbonyl (C=O) groups is 1. The summed E-state index contributed by atoms with van der Waals surface area (Å²) in [6.07, 6.45) is 2.63. The van der Waals surface area contributed by atoms with Gasteiger partial charge < -0.3 is 10.8 Å². The quantitative estimate of drug-likeness (QED) is 0.702. The zero-order valence-corrected chi connectivity index (χ0v) is 8.99. The van der Waals surface area contributed by atoms with Gasteiger partial charge >= 0.3 is 5.97 Å². The van der Waals surface area contributed by atoms with Crippen molar-refractivity contribution < 1.29 is 9.90 Å². The van der Waals surface area contributed by atoms with Gasteiger partial charge in [-0.1, -0.05) is 6.92 Å². The van der Waals surface area contributed by atoms with E-state index in [1.54, 1.807) is 6.92 Å². The highest BCUT2D eigenvalue weighted by molar-refractivity contribution is 5.78. The van der Waals surface area contributed by atoms with Crippen LogP contribution in [0.15, 0.2) is 0 Å². The number of hydrogen-bond acceptors (Lipinski definition) is 3. The fraction of sp³-hybridized carbons (Fsp3) is 0.900. The first-order chi connectivity index (χ1) is 6.50. The Balaban J connectivity index is 2.73. The average Bonchev–Trinajstić information content (AvgIpc) is 2.16. The summed E-state index contributed by atoms with van der Waals surface area (Å²) in [6.45, 7) is 5.25. The second kappa shape index (κ2) is 4.28. The summed E-state index contributed by atoms with van der Waals surface area (Å²) in [6, 6.07) is 0.133. The van der Waals surface area contributed by atoms with Gasteiger partial charge in [0.25, 0.3) is 0 Å². The van der Waals surface area contributed by atoms with Gasteiger partial charge in [-0.05, 0) is 32.7 Å². The molecule has 0 spiro atoms. The van der Waals surface area contributed by atoms with E-state index in [2.05, 4.69) is 0 Å². The molecule has 0 radical (unpaired) electrons. The zero-order valence-electron chi connectivity index (χ0n) is 8.99. The molecule has 14 heavy (non-hydrogen) atoms. The van der Waals surface area contributed by atoms with Gasteiger partial charge in [0.1, 0.15) is 5.54 Å². The molecule has 1 fully saturated rings. The Hall–Kier alpha value is -0.610. The molecule has 0 aliphatic carbocycles. The smallest absolute Gasteiger partial charge is 0.323 e. The molecule has 2 atom stereocenters. The summed E-state index contributed by atoms with van der Waals surface area (Å²) in [4.78, 5) is 13.2. The molecule has 1 rings (SSSR count). The lowest BCUT2D eigenvalue weighted by atomic mass is 9.92. The minimum absolute atomic E-state index is 0.133. The predicted octanol–water partition coefficient (Wildman–Crippen LogP) is 0.663. The van der Waals surface area contributed by atoms with Crippen LogP contribution in [0.1, 0.15) is 33.1 Å². The van der Waals surface area contributed by atoms with Gasteiger partial charge in [0.15, 0.2) is 0 Å². The van der Waals surface area contributed by atoms with E-state index in [-0.39, 0.29) is 6.04 Å². The molecule has 3 N–H and O–H groups in total. The van der Waals surface area contributed by atoms with Crippen LogP contribution in [0.3, 0.4) is 0 Å². The van der Waals surface area contributed by atoms with E-state index in [0.717, 1.165) is 19.4 Å². The minimum atomic E-state index is -0.742. The average molecular weight is 200 g/mol. The third-order valence-electron chi connectivity index (χ3n) is 3.30. The molecule has 0 saturated carbocycles. The molecule has 1 aliphatic heterocycles. The van der Waals surface area contributed by atoms with E-state index in [0.29, 0.717) is 13.0 Å². The number of piperidine rings is 1. The largest absolute Gasteiger partial charge is 0.480 e. The van der Waals surface area contributed by atoms with Crippen molar-refractivity contribution in [2.45, 2.75) is 44.7 Å². The molecule has 4 heteroatoms. The second-order valence-corrected chi connectivity index (χ2v) is 4.28. The topological polar surface area (TPSA) is 66.6 Å². The Morgan fingerprint density at radius 3 is 2.79 bits per heavy atom. The number of likely N-dealkylation sites (tertiary alicyclic amines) is 1. The van der Waals surface area contributed by atoms with Crippen LogP contribution < -0.4 is 5.73 Å². The summed E-state index contributed by atoms with van der Waals surface area (Å²) < 4.78 is 0. The lowest BCUT2D eigenvalue weighted by Gasteiger charge is -2.41. The number of nitrogens with zero attached hydrogens (tertiary/aromatic N) is 1. The number of carboxylic acids is 1. The van der Waals surface area contributed by atoms with Gasteiger partial charge in [-0.2, -0.15) is 0 Å². The Bertz CT molecular complexity index is 220. The van der Waals surface area contributed by atoms with E-state index in [4.69, 9.17) is 5.73 Å². The molecule has 1 heterocycles. The van der Waals surface area contributed by atoms with Crippen molar-refractivity contribution in [3.63, 3.8) is 0 Å². The summed E-state index contributed by atoms with van der Waals surface area (Å²) in [7, 11) is 0. The van der Waals surface area contributed by atoms with Crippen molar-refractivity contribution in [2.75, 3.05) is 13.1 Å². The number of hydrogen-bond donors (Lipinski definition) is 2. The van der Waals surface area contributed by atoms with Crippen molar-refractivity contribution in [1.82, 2.24) is 4.90 Å². The van der Waals surface area contributed by atoms with Crippen molar-refractivity contribution >= 4 is 5.97 Å². The van der Waals surface area contributed by atoms with Crippen LogP contribution in [0, 0.1) is 0 Å². The first kappa shape index (κ1) is 11.5. The Labute approximate surface area is 85.1 Å². The van der Waals surface area contributed by atoms with Gasteiger partial charge in [-0.3, -0.25) is 9.69 Å². The fourth-order valence-electron chi connectivity index (χ4n) is 1.97.